The van der Waals surface area contributed by atoms with Crippen molar-refractivity contribution in [3.05, 3.63) is 27.2 Å². The molecule has 7 heteroatoms. The van der Waals surface area contributed by atoms with Crippen molar-refractivity contribution in [2.24, 2.45) is 20.0 Å². The standard InChI is InChI=1S/C18H28N4O3/c1-12(7-6-8-13-18(2,3)25-13)9-10-22-16(23)14-15(19-11-20(14)4)21(5)17(22)24/h11-13H,6-10H2,1-5H3. The summed E-state index contributed by atoms with van der Waals surface area (Å²) >= 11 is 0. The Hall–Kier alpha value is -1.89. The number of fused-ring (bicyclic) bond motifs is 1. The maximum absolute atomic E-state index is 12.7. The van der Waals surface area contributed by atoms with Gasteiger partial charge in [0.25, 0.3) is 5.56 Å². The lowest BCUT2D eigenvalue weighted by Gasteiger charge is -2.13. The highest BCUT2D eigenvalue weighted by atomic mass is 16.6. The van der Waals surface area contributed by atoms with Gasteiger partial charge in [-0.2, -0.15) is 0 Å². The Balaban J connectivity index is 1.64. The van der Waals surface area contributed by atoms with E-state index in [1.807, 2.05) is 0 Å². The van der Waals surface area contributed by atoms with Crippen LogP contribution in [0.2, 0.25) is 0 Å². The van der Waals surface area contributed by atoms with Crippen LogP contribution in [-0.2, 0) is 25.4 Å². The first kappa shape index (κ1) is 17.9. The van der Waals surface area contributed by atoms with Crippen LogP contribution in [0.5, 0.6) is 0 Å². The number of hydrogen-bond acceptors (Lipinski definition) is 4. The largest absolute Gasteiger partial charge is 0.367 e. The monoisotopic (exact) mass is 348 g/mol. The van der Waals surface area contributed by atoms with E-state index in [1.165, 1.54) is 9.13 Å². The Morgan fingerprint density at radius 2 is 1.96 bits per heavy atom. The smallest absolute Gasteiger partial charge is 0.332 e. The van der Waals surface area contributed by atoms with Crippen LogP contribution in [0.4, 0.5) is 0 Å². The second-order valence-electron chi connectivity index (χ2n) is 7.86. The predicted octanol–water partition coefficient (Wildman–Crippen LogP) is 1.81. The van der Waals surface area contributed by atoms with Gasteiger partial charge < -0.3 is 9.30 Å². The van der Waals surface area contributed by atoms with Crippen molar-refractivity contribution in [3.63, 3.8) is 0 Å². The lowest BCUT2D eigenvalue weighted by molar-refractivity contribution is 0.315. The quantitative estimate of drug-likeness (QED) is 0.715. The minimum Gasteiger partial charge on any atom is -0.367 e. The third-order valence-corrected chi connectivity index (χ3v) is 5.37. The van der Waals surface area contributed by atoms with E-state index in [-0.39, 0.29) is 16.9 Å². The van der Waals surface area contributed by atoms with Crippen molar-refractivity contribution in [1.82, 2.24) is 18.7 Å². The van der Waals surface area contributed by atoms with Crippen molar-refractivity contribution in [1.29, 1.82) is 0 Å². The number of epoxide rings is 1. The van der Waals surface area contributed by atoms with Crippen LogP contribution >= 0.6 is 0 Å². The molecule has 0 N–H and O–H groups in total. The first-order chi connectivity index (χ1) is 11.7. The van der Waals surface area contributed by atoms with Crippen LogP contribution in [0.15, 0.2) is 15.9 Å². The molecule has 138 valence electrons. The maximum Gasteiger partial charge on any atom is 0.332 e. The van der Waals surface area contributed by atoms with Gasteiger partial charge in [0, 0.05) is 20.6 Å². The average molecular weight is 348 g/mol. The predicted molar refractivity (Wildman–Crippen MR) is 96.8 cm³/mol. The minimum atomic E-state index is -0.295. The van der Waals surface area contributed by atoms with Crippen molar-refractivity contribution in [3.8, 4) is 0 Å². The summed E-state index contributed by atoms with van der Waals surface area (Å²) in [6, 6.07) is 0. The van der Waals surface area contributed by atoms with Crippen LogP contribution in [0, 0.1) is 5.92 Å². The maximum atomic E-state index is 12.7. The van der Waals surface area contributed by atoms with E-state index in [9.17, 15) is 9.59 Å². The summed E-state index contributed by atoms with van der Waals surface area (Å²) in [4.78, 5) is 29.3. The van der Waals surface area contributed by atoms with Crippen molar-refractivity contribution < 1.29 is 4.74 Å². The lowest BCUT2D eigenvalue weighted by Crippen LogP contribution is -2.39. The number of hydrogen-bond donors (Lipinski definition) is 0. The van der Waals surface area contributed by atoms with Gasteiger partial charge in [-0.1, -0.05) is 19.8 Å². The number of imidazole rings is 1. The summed E-state index contributed by atoms with van der Waals surface area (Å²) < 4.78 is 10.1. The molecule has 2 aromatic heterocycles. The fourth-order valence-electron chi connectivity index (χ4n) is 3.48. The Bertz CT molecular complexity index is 890. The third-order valence-electron chi connectivity index (χ3n) is 5.37. The first-order valence-electron chi connectivity index (χ1n) is 9.01. The molecule has 2 aromatic rings. The molecule has 0 saturated carbocycles. The van der Waals surface area contributed by atoms with E-state index in [1.54, 1.807) is 25.0 Å². The van der Waals surface area contributed by atoms with E-state index >= 15 is 0 Å². The van der Waals surface area contributed by atoms with Crippen molar-refractivity contribution in [2.75, 3.05) is 0 Å². The molecule has 0 bridgehead atoms. The van der Waals surface area contributed by atoms with Crippen LogP contribution < -0.4 is 11.2 Å². The summed E-state index contributed by atoms with van der Waals surface area (Å²) in [6.07, 6.45) is 6.05. The molecule has 3 rings (SSSR count). The van der Waals surface area contributed by atoms with E-state index < -0.39 is 0 Å². The zero-order chi connectivity index (χ0) is 18.4. The zero-order valence-electron chi connectivity index (χ0n) is 15.8. The van der Waals surface area contributed by atoms with Gasteiger partial charge in [0.15, 0.2) is 11.2 Å². The number of rotatable bonds is 7. The van der Waals surface area contributed by atoms with E-state index in [4.69, 9.17) is 4.74 Å². The van der Waals surface area contributed by atoms with Gasteiger partial charge >= 0.3 is 5.69 Å². The Labute approximate surface area is 147 Å². The van der Waals surface area contributed by atoms with Gasteiger partial charge in [-0.05, 0) is 32.6 Å². The van der Waals surface area contributed by atoms with E-state index in [0.717, 1.165) is 25.7 Å². The normalized spacial score (nSPS) is 20.1. The Morgan fingerprint density at radius 1 is 1.28 bits per heavy atom. The molecule has 0 aromatic carbocycles. The summed E-state index contributed by atoms with van der Waals surface area (Å²) in [5.41, 5.74) is 0.424. The van der Waals surface area contributed by atoms with Crippen LogP contribution in [0.1, 0.15) is 46.5 Å². The van der Waals surface area contributed by atoms with E-state index in [2.05, 4.69) is 25.8 Å². The molecule has 3 heterocycles. The SMILES string of the molecule is CC(CCCC1OC1(C)C)CCn1c(=O)c2c(ncn2C)n(C)c1=O. The van der Waals surface area contributed by atoms with Gasteiger partial charge in [-0.15, -0.1) is 0 Å². The topological polar surface area (TPSA) is 74.3 Å². The minimum absolute atomic E-state index is 0.0568. The second kappa shape index (κ2) is 6.44. The van der Waals surface area contributed by atoms with Crippen LogP contribution in [0.25, 0.3) is 11.2 Å². The van der Waals surface area contributed by atoms with Gasteiger partial charge in [0.2, 0.25) is 0 Å². The molecule has 1 saturated heterocycles. The molecular weight excluding hydrogens is 320 g/mol. The fraction of sp³-hybridized carbons (Fsp3) is 0.722. The Kier molecular flexibility index (Phi) is 4.62. The number of aryl methyl sites for hydroxylation is 2. The first-order valence-corrected chi connectivity index (χ1v) is 9.01. The molecule has 0 aliphatic carbocycles. The van der Waals surface area contributed by atoms with E-state index in [0.29, 0.717) is 29.7 Å². The molecule has 1 aliphatic heterocycles. The van der Waals surface area contributed by atoms with Crippen LogP contribution in [0.3, 0.4) is 0 Å². The molecule has 25 heavy (non-hydrogen) atoms. The molecule has 0 radical (unpaired) electrons. The van der Waals surface area contributed by atoms with Crippen molar-refractivity contribution >= 4 is 11.2 Å². The van der Waals surface area contributed by atoms with Crippen molar-refractivity contribution in [2.45, 2.75) is 64.7 Å². The van der Waals surface area contributed by atoms with Gasteiger partial charge in [-0.25, -0.2) is 9.78 Å². The summed E-state index contributed by atoms with van der Waals surface area (Å²) in [7, 11) is 3.43. The molecule has 7 nitrogen and oxygen atoms in total. The molecule has 1 aliphatic rings. The summed E-state index contributed by atoms with van der Waals surface area (Å²) in [5.74, 6) is 0.459. The summed E-state index contributed by atoms with van der Waals surface area (Å²) in [5, 5.41) is 0. The molecule has 0 spiro atoms. The fourth-order valence-corrected chi connectivity index (χ4v) is 3.48. The highest BCUT2D eigenvalue weighted by Gasteiger charge is 2.46. The second-order valence-corrected chi connectivity index (χ2v) is 7.86. The molecule has 1 fully saturated rings. The average Bonchev–Trinajstić information content (AvgIpc) is 2.97. The Morgan fingerprint density at radius 3 is 2.60 bits per heavy atom. The highest BCUT2D eigenvalue weighted by molar-refractivity contribution is 5.69. The summed E-state index contributed by atoms with van der Waals surface area (Å²) in [6.45, 7) is 6.87. The van der Waals surface area contributed by atoms with Gasteiger partial charge in [0.05, 0.1) is 18.0 Å². The number of aromatic nitrogens is 4. The number of nitrogens with zero attached hydrogens (tertiary/aromatic N) is 4. The van der Waals surface area contributed by atoms with Gasteiger partial charge in [0.1, 0.15) is 0 Å². The molecular formula is C18H28N4O3. The van der Waals surface area contributed by atoms with Crippen LogP contribution in [-0.4, -0.2) is 30.4 Å². The zero-order valence-corrected chi connectivity index (χ0v) is 15.8. The molecule has 0 amide bonds. The molecule has 2 unspecified atom stereocenters. The molecule has 2 atom stereocenters. The highest BCUT2D eigenvalue weighted by Crippen LogP contribution is 2.38. The third kappa shape index (κ3) is 3.42. The lowest BCUT2D eigenvalue weighted by atomic mass is 9.97. The number of ether oxygens (including phenoxy) is 1. The van der Waals surface area contributed by atoms with Gasteiger partial charge in [-0.3, -0.25) is 13.9 Å².